The van der Waals surface area contributed by atoms with Gasteiger partial charge in [-0.25, -0.2) is 9.79 Å². The fourth-order valence-electron chi connectivity index (χ4n) is 3.33. The third kappa shape index (κ3) is 6.13. The Hall–Kier alpha value is -3.98. The number of aliphatic imine (C=N–C) groups is 1. The molecule has 9 heteroatoms. The fraction of sp³-hybridized carbons (Fsp3) is 0.192. The fourth-order valence-corrected chi connectivity index (χ4v) is 4.12. The van der Waals surface area contributed by atoms with Crippen molar-refractivity contribution in [3.05, 3.63) is 85.5 Å². The monoisotopic (exact) mass is 492 g/mol. The molecule has 0 aliphatic rings. The Bertz CT molecular complexity index is 1400. The second-order valence-corrected chi connectivity index (χ2v) is 9.25. The lowest BCUT2D eigenvalue weighted by molar-refractivity contribution is -0.384. The van der Waals surface area contributed by atoms with Crippen molar-refractivity contribution in [3.63, 3.8) is 0 Å². The lowest BCUT2D eigenvalue weighted by Gasteiger charge is -2.06. The van der Waals surface area contributed by atoms with Crippen LogP contribution in [0.3, 0.4) is 0 Å². The van der Waals surface area contributed by atoms with Crippen molar-refractivity contribution in [1.29, 1.82) is 0 Å². The van der Waals surface area contributed by atoms with E-state index in [-0.39, 0.29) is 17.0 Å². The largest absolute Gasteiger partial charge is 0.478 e. The summed E-state index contributed by atoms with van der Waals surface area (Å²) in [6, 6.07) is 11.4. The van der Waals surface area contributed by atoms with Crippen LogP contribution in [0.15, 0.2) is 56.8 Å². The second-order valence-electron chi connectivity index (χ2n) is 8.01. The van der Waals surface area contributed by atoms with Crippen LogP contribution in [-0.4, -0.2) is 26.8 Å². The zero-order valence-electron chi connectivity index (χ0n) is 19.9. The summed E-state index contributed by atoms with van der Waals surface area (Å²) in [5.74, 6) is -0.562. The first-order chi connectivity index (χ1) is 16.5. The van der Waals surface area contributed by atoms with Gasteiger partial charge in [0.1, 0.15) is 11.5 Å². The Morgan fingerprint density at radius 2 is 1.71 bits per heavy atom. The van der Waals surface area contributed by atoms with E-state index in [1.165, 1.54) is 19.1 Å². The van der Waals surface area contributed by atoms with Crippen molar-refractivity contribution in [2.75, 3.05) is 0 Å². The van der Waals surface area contributed by atoms with Crippen LogP contribution in [0.25, 0.3) is 17.4 Å². The number of furan rings is 1. The van der Waals surface area contributed by atoms with Crippen LogP contribution in [-0.2, 0) is 4.79 Å². The molecule has 0 spiro atoms. The van der Waals surface area contributed by atoms with Gasteiger partial charge in [-0.15, -0.1) is 0 Å². The van der Waals surface area contributed by atoms with E-state index in [1.54, 1.807) is 50.3 Å². The van der Waals surface area contributed by atoms with Gasteiger partial charge < -0.3 is 9.52 Å². The molecule has 3 aromatic rings. The number of aryl methyl sites for hydroxylation is 3. The van der Waals surface area contributed by atoms with Crippen LogP contribution in [0.2, 0.25) is 0 Å². The van der Waals surface area contributed by atoms with Crippen molar-refractivity contribution in [1.82, 2.24) is 0 Å². The number of nitro groups is 1. The Morgan fingerprint density at radius 1 is 1.03 bits per heavy atom. The van der Waals surface area contributed by atoms with Gasteiger partial charge in [-0.05, 0) is 87.7 Å². The number of hydrogen-bond acceptors (Lipinski definition) is 7. The minimum atomic E-state index is -1.04. The molecule has 0 unspecified atom stereocenters. The zero-order chi connectivity index (χ0) is 25.9. The smallest absolute Gasteiger partial charge is 0.336 e. The van der Waals surface area contributed by atoms with Gasteiger partial charge in [-0.3, -0.25) is 14.9 Å². The lowest BCUT2D eigenvalue weighted by Crippen LogP contribution is -1.99. The number of nitro benzene ring substituents is 1. The number of rotatable bonds is 7. The maximum absolute atomic E-state index is 12.3. The van der Waals surface area contributed by atoms with E-state index in [0.717, 1.165) is 22.9 Å². The van der Waals surface area contributed by atoms with Gasteiger partial charge in [0, 0.05) is 6.07 Å². The Balaban J connectivity index is 1.91. The molecule has 35 heavy (non-hydrogen) atoms. The molecule has 1 heterocycles. The van der Waals surface area contributed by atoms with Gasteiger partial charge >= 0.3 is 5.97 Å². The molecular weight excluding hydrogens is 468 g/mol. The third-order valence-corrected chi connectivity index (χ3v) is 6.33. The van der Waals surface area contributed by atoms with Crippen molar-refractivity contribution >= 4 is 46.0 Å². The molecule has 0 radical (unpaired) electrons. The number of carbonyl (C=O) groups excluding carboxylic acids is 1. The van der Waals surface area contributed by atoms with E-state index >= 15 is 0 Å². The topological polar surface area (TPSA) is 123 Å². The van der Waals surface area contributed by atoms with E-state index < -0.39 is 10.9 Å². The molecular formula is C26H24N2O6S. The zero-order valence-corrected chi connectivity index (χ0v) is 20.7. The minimum absolute atomic E-state index is 0.0547. The summed E-state index contributed by atoms with van der Waals surface area (Å²) < 4.78 is 5.84. The highest BCUT2D eigenvalue weighted by atomic mass is 32.2. The second kappa shape index (κ2) is 10.5. The maximum Gasteiger partial charge on any atom is 0.336 e. The molecule has 3 rings (SSSR count). The SMILES string of the molecule is CC(=O)/C(=C\c1ccc(-c2cc(C)c(C)cc2[N+](=O)[O-])o1)SC(C)=Nc1ccc(C)c(C(=O)O)c1. The van der Waals surface area contributed by atoms with E-state index in [0.29, 0.717) is 38.3 Å². The summed E-state index contributed by atoms with van der Waals surface area (Å²) >= 11 is 1.12. The van der Waals surface area contributed by atoms with Crippen LogP contribution < -0.4 is 0 Å². The van der Waals surface area contributed by atoms with Crippen molar-refractivity contribution < 1.29 is 24.0 Å². The van der Waals surface area contributed by atoms with Crippen LogP contribution in [0.4, 0.5) is 11.4 Å². The van der Waals surface area contributed by atoms with Crippen molar-refractivity contribution in [3.8, 4) is 11.3 Å². The number of ketones is 1. The molecule has 0 saturated heterocycles. The average Bonchev–Trinajstić information content (AvgIpc) is 3.24. The molecule has 1 N–H and O–H groups in total. The lowest BCUT2D eigenvalue weighted by atomic mass is 10.0. The Labute approximate surface area is 206 Å². The summed E-state index contributed by atoms with van der Waals surface area (Å²) in [6.45, 7) is 8.51. The van der Waals surface area contributed by atoms with Crippen LogP contribution in [0.5, 0.6) is 0 Å². The molecule has 0 aliphatic heterocycles. The number of carboxylic acid groups (broad SMARTS) is 1. The number of nitrogens with zero attached hydrogens (tertiary/aromatic N) is 2. The number of carboxylic acids is 1. The molecule has 0 aliphatic carbocycles. The molecule has 0 saturated carbocycles. The van der Waals surface area contributed by atoms with Crippen LogP contribution in [0.1, 0.15) is 46.7 Å². The normalized spacial score (nSPS) is 12.0. The molecule has 0 atom stereocenters. The summed E-state index contributed by atoms with van der Waals surface area (Å²) in [4.78, 5) is 39.5. The first-order valence-electron chi connectivity index (χ1n) is 10.6. The molecule has 8 nitrogen and oxygen atoms in total. The van der Waals surface area contributed by atoms with Crippen LogP contribution in [0, 0.1) is 30.9 Å². The van der Waals surface area contributed by atoms with Gasteiger partial charge in [0.05, 0.1) is 31.7 Å². The Kier molecular flexibility index (Phi) is 7.71. The summed E-state index contributed by atoms with van der Waals surface area (Å²) in [5.41, 5.74) is 3.26. The standard InChI is InChI=1S/C26H24N2O6S/c1-14-6-7-19(12-21(14)26(30)31)27-18(5)35-25(17(4)29)13-20-8-9-24(34-20)22-10-15(2)16(3)11-23(22)28(32)33/h6-13H,1-5H3,(H,30,31)/b25-13+,27-18?. The average molecular weight is 493 g/mol. The number of Topliss-reactive ketones (excluding diaryl/α,β-unsaturated/α-hetero) is 1. The highest BCUT2D eigenvalue weighted by Gasteiger charge is 2.20. The van der Waals surface area contributed by atoms with Crippen molar-refractivity contribution in [2.24, 2.45) is 4.99 Å². The van der Waals surface area contributed by atoms with Gasteiger partial charge in [-0.1, -0.05) is 17.8 Å². The predicted octanol–water partition coefficient (Wildman–Crippen LogP) is 6.89. The number of thioether (sulfide) groups is 1. The van der Waals surface area contributed by atoms with Crippen molar-refractivity contribution in [2.45, 2.75) is 34.6 Å². The van der Waals surface area contributed by atoms with E-state index in [4.69, 9.17) is 4.42 Å². The van der Waals surface area contributed by atoms with E-state index in [9.17, 15) is 24.8 Å². The highest BCUT2D eigenvalue weighted by Crippen LogP contribution is 2.34. The van der Waals surface area contributed by atoms with Gasteiger partial charge in [0.25, 0.3) is 5.69 Å². The molecule has 0 bridgehead atoms. The summed E-state index contributed by atoms with van der Waals surface area (Å²) in [7, 11) is 0. The van der Waals surface area contributed by atoms with Gasteiger partial charge in [0.2, 0.25) is 0 Å². The number of hydrogen-bond donors (Lipinski definition) is 1. The molecule has 1 aromatic heterocycles. The highest BCUT2D eigenvalue weighted by molar-refractivity contribution is 8.18. The molecule has 180 valence electrons. The van der Waals surface area contributed by atoms with E-state index in [2.05, 4.69) is 4.99 Å². The van der Waals surface area contributed by atoms with E-state index in [1.807, 2.05) is 13.8 Å². The summed E-state index contributed by atoms with van der Waals surface area (Å²) in [5, 5.41) is 21.4. The summed E-state index contributed by atoms with van der Waals surface area (Å²) in [6.07, 6.45) is 1.56. The van der Waals surface area contributed by atoms with Crippen LogP contribution >= 0.6 is 11.8 Å². The first kappa shape index (κ1) is 25.6. The number of allylic oxidation sites excluding steroid dienone is 1. The van der Waals surface area contributed by atoms with Gasteiger partial charge in [0.15, 0.2) is 5.78 Å². The third-order valence-electron chi connectivity index (χ3n) is 5.32. The maximum atomic E-state index is 12.3. The predicted molar refractivity (Wildman–Crippen MR) is 137 cm³/mol. The number of carbonyl (C=O) groups is 2. The minimum Gasteiger partial charge on any atom is -0.478 e. The van der Waals surface area contributed by atoms with Gasteiger partial charge in [-0.2, -0.15) is 0 Å². The quantitative estimate of drug-likeness (QED) is 0.125. The Morgan fingerprint density at radius 3 is 2.34 bits per heavy atom. The number of benzene rings is 2. The first-order valence-corrected chi connectivity index (χ1v) is 11.4. The number of aromatic carboxylic acids is 1. The molecule has 0 fully saturated rings. The molecule has 0 amide bonds. The molecule has 2 aromatic carbocycles.